The molecular weight excluding hydrogens is 204 g/mol. The summed E-state index contributed by atoms with van der Waals surface area (Å²) >= 11 is 5.23. The van der Waals surface area contributed by atoms with Crippen LogP contribution in [0.25, 0.3) is 0 Å². The summed E-state index contributed by atoms with van der Waals surface area (Å²) in [6, 6.07) is 0.678. The summed E-state index contributed by atoms with van der Waals surface area (Å²) in [6.45, 7) is 0. The highest BCUT2D eigenvalue weighted by atomic mass is 32.1. The van der Waals surface area contributed by atoms with Gasteiger partial charge in [0.15, 0.2) is 5.11 Å². The molecule has 0 unspecified atom stereocenters. The van der Waals surface area contributed by atoms with Crippen LogP contribution < -0.4 is 10.6 Å². The first-order valence-electron chi connectivity index (χ1n) is 6.24. The predicted octanol–water partition coefficient (Wildman–Crippen LogP) is 1.90. The van der Waals surface area contributed by atoms with Crippen LogP contribution >= 0.6 is 12.2 Å². The summed E-state index contributed by atoms with van der Waals surface area (Å²) in [5.74, 6) is 3.92. The van der Waals surface area contributed by atoms with Gasteiger partial charge in [-0.2, -0.15) is 0 Å². The minimum Gasteiger partial charge on any atom is -0.366 e. The van der Waals surface area contributed by atoms with Crippen molar-refractivity contribution in [1.82, 2.24) is 10.6 Å². The average molecular weight is 224 g/mol. The van der Waals surface area contributed by atoms with Crippen LogP contribution in [0, 0.1) is 23.7 Å². The third-order valence-corrected chi connectivity index (χ3v) is 5.07. The lowest BCUT2D eigenvalue weighted by molar-refractivity contribution is -0.00690. The molecule has 0 aromatic carbocycles. The molecule has 84 valence electrons. The molecule has 0 spiro atoms. The van der Waals surface area contributed by atoms with Crippen molar-refractivity contribution in [1.29, 1.82) is 0 Å². The van der Waals surface area contributed by atoms with Gasteiger partial charge in [-0.1, -0.05) is 0 Å². The van der Waals surface area contributed by atoms with Crippen LogP contribution in [0.4, 0.5) is 0 Å². The van der Waals surface area contributed by atoms with Crippen molar-refractivity contribution in [2.45, 2.75) is 38.1 Å². The largest absolute Gasteiger partial charge is 0.366 e. The summed E-state index contributed by atoms with van der Waals surface area (Å²) < 4.78 is 0. The van der Waals surface area contributed by atoms with E-state index in [1.54, 1.807) is 0 Å². The Labute approximate surface area is 97.2 Å². The van der Waals surface area contributed by atoms with E-state index in [0.717, 1.165) is 28.8 Å². The minimum atomic E-state index is 0.678. The Morgan fingerprint density at radius 1 is 1.00 bits per heavy atom. The van der Waals surface area contributed by atoms with Gasteiger partial charge in [-0.05, 0) is 68.0 Å². The van der Waals surface area contributed by atoms with Crippen LogP contribution in [0.5, 0.6) is 0 Å². The Balaban J connectivity index is 1.72. The quantitative estimate of drug-likeness (QED) is 0.665. The predicted molar refractivity (Wildman–Crippen MR) is 65.6 cm³/mol. The fraction of sp³-hybridized carbons (Fsp3) is 0.917. The van der Waals surface area contributed by atoms with Crippen LogP contribution in [0.15, 0.2) is 0 Å². The number of rotatable bonds is 1. The van der Waals surface area contributed by atoms with E-state index in [2.05, 4.69) is 10.6 Å². The lowest BCUT2D eigenvalue weighted by Gasteiger charge is -2.54. The van der Waals surface area contributed by atoms with Crippen LogP contribution in [-0.2, 0) is 0 Å². The number of nitrogens with one attached hydrogen (secondary N) is 2. The molecule has 4 fully saturated rings. The molecule has 2 N–H and O–H groups in total. The second kappa shape index (κ2) is 3.62. The molecule has 0 aliphatic heterocycles. The Morgan fingerprint density at radius 3 is 2.00 bits per heavy atom. The van der Waals surface area contributed by atoms with Gasteiger partial charge >= 0.3 is 0 Å². The smallest absolute Gasteiger partial charge is 0.166 e. The van der Waals surface area contributed by atoms with Crippen molar-refractivity contribution in [2.75, 3.05) is 7.05 Å². The van der Waals surface area contributed by atoms with E-state index in [1.165, 1.54) is 32.1 Å². The minimum absolute atomic E-state index is 0.678. The number of thiocarbonyl (C=S) groups is 1. The maximum Gasteiger partial charge on any atom is 0.166 e. The van der Waals surface area contributed by atoms with E-state index in [1.807, 2.05) is 7.05 Å². The fourth-order valence-electron chi connectivity index (χ4n) is 4.38. The van der Waals surface area contributed by atoms with Crippen molar-refractivity contribution >= 4 is 17.3 Å². The van der Waals surface area contributed by atoms with E-state index >= 15 is 0 Å². The first kappa shape index (κ1) is 9.88. The Morgan fingerprint density at radius 2 is 1.53 bits per heavy atom. The van der Waals surface area contributed by atoms with Crippen molar-refractivity contribution in [3.05, 3.63) is 0 Å². The zero-order valence-corrected chi connectivity index (χ0v) is 10.1. The highest BCUT2D eigenvalue weighted by molar-refractivity contribution is 7.80. The van der Waals surface area contributed by atoms with E-state index in [9.17, 15) is 0 Å². The number of hydrogen-bond donors (Lipinski definition) is 2. The SMILES string of the molecule is CNC(=S)NC1C2CC3CC(C2)CC1C3. The van der Waals surface area contributed by atoms with Gasteiger partial charge in [0.25, 0.3) is 0 Å². The maximum atomic E-state index is 5.23. The molecular formula is C12H20N2S. The lowest BCUT2D eigenvalue weighted by atomic mass is 9.54. The Kier molecular flexibility index (Phi) is 2.38. The van der Waals surface area contributed by atoms with Crippen molar-refractivity contribution < 1.29 is 0 Å². The molecule has 0 aromatic heterocycles. The summed E-state index contributed by atoms with van der Waals surface area (Å²) in [6.07, 6.45) is 7.35. The van der Waals surface area contributed by atoms with Crippen LogP contribution in [0.1, 0.15) is 32.1 Å². The topological polar surface area (TPSA) is 24.1 Å². The van der Waals surface area contributed by atoms with Crippen molar-refractivity contribution in [3.63, 3.8) is 0 Å². The van der Waals surface area contributed by atoms with Gasteiger partial charge in [0.2, 0.25) is 0 Å². The molecule has 4 rings (SSSR count). The van der Waals surface area contributed by atoms with Crippen LogP contribution in [0.3, 0.4) is 0 Å². The zero-order chi connectivity index (χ0) is 10.4. The first-order valence-corrected chi connectivity index (χ1v) is 6.65. The second-order valence-corrected chi connectivity index (χ2v) is 6.09. The van der Waals surface area contributed by atoms with Gasteiger partial charge in [0.05, 0.1) is 0 Å². The Hall–Kier alpha value is -0.310. The average Bonchev–Trinajstić information content (AvgIpc) is 2.22. The van der Waals surface area contributed by atoms with Gasteiger partial charge in [0.1, 0.15) is 0 Å². The molecule has 3 heteroatoms. The molecule has 4 aliphatic rings. The van der Waals surface area contributed by atoms with Crippen LogP contribution in [-0.4, -0.2) is 18.2 Å². The molecule has 2 nitrogen and oxygen atoms in total. The third-order valence-electron chi connectivity index (χ3n) is 4.75. The van der Waals surface area contributed by atoms with Gasteiger partial charge in [-0.25, -0.2) is 0 Å². The molecule has 0 aromatic rings. The second-order valence-electron chi connectivity index (χ2n) is 5.68. The molecule has 4 aliphatic carbocycles. The standard InChI is InChI=1S/C12H20N2S/c1-13-12(15)14-11-9-3-7-2-8(5-9)6-10(11)4-7/h7-11H,2-6H2,1H3,(H2,13,14,15). The molecule has 4 saturated carbocycles. The highest BCUT2D eigenvalue weighted by Crippen LogP contribution is 2.53. The maximum absolute atomic E-state index is 5.23. The monoisotopic (exact) mass is 224 g/mol. The summed E-state index contributed by atoms with van der Waals surface area (Å²) in [5.41, 5.74) is 0. The molecule has 0 radical (unpaired) electrons. The summed E-state index contributed by atoms with van der Waals surface area (Å²) in [7, 11) is 1.91. The van der Waals surface area contributed by atoms with Gasteiger partial charge in [0, 0.05) is 13.1 Å². The van der Waals surface area contributed by atoms with Crippen LogP contribution in [0.2, 0.25) is 0 Å². The first-order chi connectivity index (χ1) is 7.26. The normalized spacial score (nSPS) is 46.6. The third kappa shape index (κ3) is 1.65. The molecule has 0 atom stereocenters. The van der Waals surface area contributed by atoms with E-state index in [0.29, 0.717) is 6.04 Å². The van der Waals surface area contributed by atoms with E-state index < -0.39 is 0 Å². The summed E-state index contributed by atoms with van der Waals surface area (Å²) in [4.78, 5) is 0. The highest BCUT2D eigenvalue weighted by Gasteiger charge is 2.48. The molecule has 4 bridgehead atoms. The van der Waals surface area contributed by atoms with Crippen molar-refractivity contribution in [3.8, 4) is 0 Å². The van der Waals surface area contributed by atoms with Gasteiger partial charge < -0.3 is 10.6 Å². The molecule has 0 heterocycles. The van der Waals surface area contributed by atoms with Gasteiger partial charge in [-0.3, -0.25) is 0 Å². The van der Waals surface area contributed by atoms with Gasteiger partial charge in [-0.15, -0.1) is 0 Å². The van der Waals surface area contributed by atoms with Crippen molar-refractivity contribution in [2.24, 2.45) is 23.7 Å². The lowest BCUT2D eigenvalue weighted by Crippen LogP contribution is -2.57. The van der Waals surface area contributed by atoms with E-state index in [-0.39, 0.29) is 0 Å². The molecule has 0 amide bonds. The zero-order valence-electron chi connectivity index (χ0n) is 9.33. The van der Waals surface area contributed by atoms with E-state index in [4.69, 9.17) is 12.2 Å². The Bertz CT molecular complexity index is 249. The molecule has 15 heavy (non-hydrogen) atoms. The number of hydrogen-bond acceptors (Lipinski definition) is 1. The molecule has 0 saturated heterocycles. The summed E-state index contributed by atoms with van der Waals surface area (Å²) in [5, 5.41) is 7.42. The fourth-order valence-corrected chi connectivity index (χ4v) is 4.52.